The molecule has 0 spiro atoms. The minimum atomic E-state index is -3.40. The Hall–Kier alpha value is -2.61. The average Bonchev–Trinajstić information content (AvgIpc) is 2.37. The third kappa shape index (κ3) is 3.69. The van der Waals surface area contributed by atoms with E-state index in [4.69, 9.17) is 0 Å². The number of anilines is 1. The lowest BCUT2D eigenvalue weighted by Gasteiger charge is -2.07. The monoisotopic (exact) mass is 308 g/mol. The van der Waals surface area contributed by atoms with Crippen LogP contribution in [0.5, 0.6) is 5.75 Å². The van der Waals surface area contributed by atoms with Crippen LogP contribution in [0.2, 0.25) is 0 Å². The number of aromatic hydroxyl groups is 1. The van der Waals surface area contributed by atoms with Gasteiger partial charge in [0.15, 0.2) is 5.75 Å². The SMILES string of the molecule is CS(=O)(=O)Nc1cccc(-c2ccc(O)c([N+](=O)[O-])c2)c1. The summed E-state index contributed by atoms with van der Waals surface area (Å²) in [4.78, 5) is 10.1. The molecule has 0 unspecified atom stereocenters. The van der Waals surface area contributed by atoms with Crippen LogP contribution in [-0.2, 0) is 10.0 Å². The Morgan fingerprint density at radius 2 is 1.81 bits per heavy atom. The molecule has 21 heavy (non-hydrogen) atoms. The van der Waals surface area contributed by atoms with Crippen molar-refractivity contribution in [2.24, 2.45) is 0 Å². The zero-order chi connectivity index (χ0) is 15.6. The minimum Gasteiger partial charge on any atom is -0.502 e. The Labute approximate surface area is 121 Å². The van der Waals surface area contributed by atoms with Gasteiger partial charge in [-0.05, 0) is 29.3 Å². The Balaban J connectivity index is 2.45. The molecule has 0 fully saturated rings. The molecule has 0 aliphatic rings. The van der Waals surface area contributed by atoms with Gasteiger partial charge in [0, 0.05) is 11.8 Å². The van der Waals surface area contributed by atoms with E-state index in [1.54, 1.807) is 24.3 Å². The van der Waals surface area contributed by atoms with Crippen LogP contribution in [0.1, 0.15) is 0 Å². The maximum Gasteiger partial charge on any atom is 0.311 e. The number of nitro groups is 1. The van der Waals surface area contributed by atoms with Crippen molar-refractivity contribution in [1.82, 2.24) is 0 Å². The fourth-order valence-corrected chi connectivity index (χ4v) is 2.38. The number of benzene rings is 2. The number of sulfonamides is 1. The standard InChI is InChI=1S/C13H12N2O5S/c1-21(19,20)14-11-4-2-3-9(7-11)10-5-6-13(16)12(8-10)15(17)18/h2-8,14,16H,1H3. The molecule has 2 N–H and O–H groups in total. The third-order valence-corrected chi connectivity index (χ3v) is 3.28. The predicted molar refractivity (Wildman–Crippen MR) is 78.7 cm³/mol. The summed E-state index contributed by atoms with van der Waals surface area (Å²) in [6.07, 6.45) is 1.03. The molecule has 0 saturated carbocycles. The minimum absolute atomic E-state index is 0.353. The lowest BCUT2D eigenvalue weighted by atomic mass is 10.0. The van der Waals surface area contributed by atoms with Gasteiger partial charge in [-0.25, -0.2) is 8.42 Å². The van der Waals surface area contributed by atoms with E-state index in [1.807, 2.05) is 0 Å². The predicted octanol–water partition coefficient (Wildman–Crippen LogP) is 2.34. The first-order valence-electron chi connectivity index (χ1n) is 5.82. The van der Waals surface area contributed by atoms with Crippen LogP contribution in [0, 0.1) is 10.1 Å². The average molecular weight is 308 g/mol. The van der Waals surface area contributed by atoms with E-state index in [9.17, 15) is 23.6 Å². The highest BCUT2D eigenvalue weighted by Crippen LogP contribution is 2.32. The molecule has 8 heteroatoms. The lowest BCUT2D eigenvalue weighted by Crippen LogP contribution is -2.09. The van der Waals surface area contributed by atoms with Crippen LogP contribution in [0.3, 0.4) is 0 Å². The molecule has 0 heterocycles. The molecule has 0 radical (unpaired) electrons. The van der Waals surface area contributed by atoms with Crippen molar-refractivity contribution in [3.8, 4) is 16.9 Å². The third-order valence-electron chi connectivity index (χ3n) is 2.67. The van der Waals surface area contributed by atoms with Crippen molar-refractivity contribution in [2.45, 2.75) is 0 Å². The number of phenols is 1. The summed E-state index contributed by atoms with van der Waals surface area (Å²) in [5.74, 6) is -0.422. The molecule has 2 aromatic carbocycles. The van der Waals surface area contributed by atoms with Crippen molar-refractivity contribution in [2.75, 3.05) is 11.0 Å². The molecular weight excluding hydrogens is 296 g/mol. The maximum atomic E-state index is 11.2. The molecule has 0 aliphatic heterocycles. The summed E-state index contributed by atoms with van der Waals surface area (Å²) in [6, 6.07) is 10.4. The first kappa shape index (κ1) is 14.8. The molecule has 2 rings (SSSR count). The van der Waals surface area contributed by atoms with Gasteiger partial charge >= 0.3 is 5.69 Å². The van der Waals surface area contributed by atoms with Gasteiger partial charge < -0.3 is 5.11 Å². The zero-order valence-electron chi connectivity index (χ0n) is 11.0. The van der Waals surface area contributed by atoms with Crippen molar-refractivity contribution >= 4 is 21.4 Å². The van der Waals surface area contributed by atoms with Crippen molar-refractivity contribution in [1.29, 1.82) is 0 Å². The van der Waals surface area contributed by atoms with Gasteiger partial charge in [0.05, 0.1) is 11.2 Å². The fraction of sp³-hybridized carbons (Fsp3) is 0.0769. The second-order valence-electron chi connectivity index (χ2n) is 4.42. The van der Waals surface area contributed by atoms with E-state index < -0.39 is 26.4 Å². The number of hydrogen-bond donors (Lipinski definition) is 2. The smallest absolute Gasteiger partial charge is 0.311 e. The summed E-state index contributed by atoms with van der Waals surface area (Å²) in [6.45, 7) is 0. The summed E-state index contributed by atoms with van der Waals surface area (Å²) in [5, 5.41) is 20.2. The normalized spacial score (nSPS) is 11.1. The maximum absolute atomic E-state index is 11.2. The van der Waals surface area contributed by atoms with E-state index in [2.05, 4.69) is 4.72 Å². The highest BCUT2D eigenvalue weighted by atomic mass is 32.2. The Morgan fingerprint density at radius 1 is 1.14 bits per heavy atom. The highest BCUT2D eigenvalue weighted by Gasteiger charge is 2.14. The Morgan fingerprint density at radius 3 is 2.43 bits per heavy atom. The molecule has 0 amide bonds. The van der Waals surface area contributed by atoms with Crippen molar-refractivity contribution in [3.63, 3.8) is 0 Å². The molecule has 0 aromatic heterocycles. The van der Waals surface area contributed by atoms with Crippen LogP contribution in [0.15, 0.2) is 42.5 Å². The number of hydrogen-bond acceptors (Lipinski definition) is 5. The Kier molecular flexibility index (Phi) is 3.81. The molecule has 2 aromatic rings. The molecular formula is C13H12N2O5S. The van der Waals surface area contributed by atoms with E-state index in [0.717, 1.165) is 6.26 Å². The molecule has 110 valence electrons. The Bertz CT molecular complexity index is 802. The summed E-state index contributed by atoms with van der Waals surface area (Å²) in [5.41, 5.74) is 1.03. The quantitative estimate of drug-likeness (QED) is 0.665. The first-order chi connectivity index (χ1) is 9.76. The second kappa shape index (κ2) is 5.41. The number of nitrogens with zero attached hydrogens (tertiary/aromatic N) is 1. The van der Waals surface area contributed by atoms with Crippen molar-refractivity contribution in [3.05, 3.63) is 52.6 Å². The van der Waals surface area contributed by atoms with Gasteiger partial charge in [0.2, 0.25) is 10.0 Å². The van der Waals surface area contributed by atoms with E-state index >= 15 is 0 Å². The second-order valence-corrected chi connectivity index (χ2v) is 6.16. The van der Waals surface area contributed by atoms with Gasteiger partial charge in [-0.3, -0.25) is 14.8 Å². The van der Waals surface area contributed by atoms with E-state index in [-0.39, 0.29) is 0 Å². The lowest BCUT2D eigenvalue weighted by molar-refractivity contribution is -0.385. The van der Waals surface area contributed by atoms with Crippen LogP contribution in [-0.4, -0.2) is 24.7 Å². The zero-order valence-corrected chi connectivity index (χ0v) is 11.8. The van der Waals surface area contributed by atoms with E-state index in [0.29, 0.717) is 16.8 Å². The molecule has 0 bridgehead atoms. The molecule has 0 saturated heterocycles. The fourth-order valence-electron chi connectivity index (χ4n) is 1.83. The topological polar surface area (TPSA) is 110 Å². The largest absolute Gasteiger partial charge is 0.502 e. The van der Waals surface area contributed by atoms with Crippen LogP contribution in [0.4, 0.5) is 11.4 Å². The van der Waals surface area contributed by atoms with Gasteiger partial charge in [-0.2, -0.15) is 0 Å². The van der Waals surface area contributed by atoms with E-state index in [1.165, 1.54) is 18.2 Å². The summed E-state index contributed by atoms with van der Waals surface area (Å²) < 4.78 is 24.7. The van der Waals surface area contributed by atoms with Gasteiger partial charge in [0.25, 0.3) is 0 Å². The highest BCUT2D eigenvalue weighted by molar-refractivity contribution is 7.92. The number of phenolic OH excluding ortho intramolecular Hbond substituents is 1. The number of nitrogens with one attached hydrogen (secondary N) is 1. The van der Waals surface area contributed by atoms with Crippen LogP contribution < -0.4 is 4.72 Å². The number of nitro benzene ring substituents is 1. The molecule has 0 aliphatic carbocycles. The van der Waals surface area contributed by atoms with Crippen LogP contribution >= 0.6 is 0 Å². The van der Waals surface area contributed by atoms with Crippen LogP contribution in [0.25, 0.3) is 11.1 Å². The summed E-state index contributed by atoms with van der Waals surface area (Å²) in [7, 11) is -3.40. The first-order valence-corrected chi connectivity index (χ1v) is 7.71. The van der Waals surface area contributed by atoms with Gasteiger partial charge in [-0.15, -0.1) is 0 Å². The number of rotatable bonds is 4. The summed E-state index contributed by atoms with van der Waals surface area (Å²) >= 11 is 0. The van der Waals surface area contributed by atoms with Gasteiger partial charge in [0.1, 0.15) is 0 Å². The molecule has 7 nitrogen and oxygen atoms in total. The van der Waals surface area contributed by atoms with Crippen molar-refractivity contribution < 1.29 is 18.4 Å². The van der Waals surface area contributed by atoms with Gasteiger partial charge in [-0.1, -0.05) is 18.2 Å². The molecule has 0 atom stereocenters.